The Hall–Kier alpha value is -0.0800. The van der Waals surface area contributed by atoms with E-state index in [0.29, 0.717) is 17.3 Å². The summed E-state index contributed by atoms with van der Waals surface area (Å²) in [5.74, 6) is 1.17. The molecule has 4 rings (SSSR count). The van der Waals surface area contributed by atoms with E-state index in [4.69, 9.17) is 4.74 Å². The van der Waals surface area contributed by atoms with Crippen LogP contribution >= 0.6 is 0 Å². The van der Waals surface area contributed by atoms with Gasteiger partial charge >= 0.3 is 0 Å². The van der Waals surface area contributed by atoms with Gasteiger partial charge in [0.15, 0.2) is 0 Å². The zero-order chi connectivity index (χ0) is 8.72. The topological polar surface area (TPSA) is 32.8 Å². The lowest BCUT2D eigenvalue weighted by Gasteiger charge is -2.59. The molecule has 3 saturated carbocycles. The second-order valence-electron chi connectivity index (χ2n) is 5.43. The SMILES string of the molecule is CC1(C)[C@H]2C[C@H]1[C@@H](O)[C@@H]1O[C@]21C. The molecule has 1 aliphatic heterocycles. The molecular weight excluding hydrogens is 152 g/mol. The monoisotopic (exact) mass is 168 g/mol. The first-order valence-corrected chi connectivity index (χ1v) is 4.84. The predicted molar refractivity (Wildman–Crippen MR) is 44.7 cm³/mol. The van der Waals surface area contributed by atoms with E-state index in [9.17, 15) is 5.11 Å². The van der Waals surface area contributed by atoms with Gasteiger partial charge in [-0.05, 0) is 30.6 Å². The lowest BCUT2D eigenvalue weighted by molar-refractivity contribution is -0.139. The van der Waals surface area contributed by atoms with Crippen LogP contribution in [0.2, 0.25) is 0 Å². The first-order valence-electron chi connectivity index (χ1n) is 4.84. The average Bonchev–Trinajstić information content (AvgIpc) is 2.61. The zero-order valence-electron chi connectivity index (χ0n) is 7.87. The molecule has 2 bridgehead atoms. The molecule has 3 aliphatic carbocycles. The van der Waals surface area contributed by atoms with Gasteiger partial charge in [0.2, 0.25) is 0 Å². The van der Waals surface area contributed by atoms with Crippen LogP contribution in [0.3, 0.4) is 0 Å². The molecule has 0 aromatic heterocycles. The Morgan fingerprint density at radius 2 is 2.00 bits per heavy atom. The van der Waals surface area contributed by atoms with Gasteiger partial charge in [0.1, 0.15) is 6.10 Å². The number of epoxide rings is 1. The van der Waals surface area contributed by atoms with Crippen molar-refractivity contribution in [2.75, 3.05) is 0 Å². The lowest BCUT2D eigenvalue weighted by Crippen LogP contribution is -2.62. The molecule has 4 aliphatic rings. The van der Waals surface area contributed by atoms with E-state index < -0.39 is 0 Å². The molecule has 4 fully saturated rings. The molecule has 12 heavy (non-hydrogen) atoms. The van der Waals surface area contributed by atoms with E-state index >= 15 is 0 Å². The van der Waals surface area contributed by atoms with Crippen LogP contribution in [0.25, 0.3) is 0 Å². The third-order valence-corrected chi connectivity index (χ3v) is 4.65. The summed E-state index contributed by atoms with van der Waals surface area (Å²) in [5, 5.41) is 9.90. The quantitative estimate of drug-likeness (QED) is 0.551. The van der Waals surface area contributed by atoms with Crippen LogP contribution in [0.5, 0.6) is 0 Å². The first-order chi connectivity index (χ1) is 5.48. The minimum Gasteiger partial charge on any atom is -0.390 e. The van der Waals surface area contributed by atoms with E-state index in [2.05, 4.69) is 20.8 Å². The molecule has 5 atom stereocenters. The third kappa shape index (κ3) is 0.521. The van der Waals surface area contributed by atoms with Crippen LogP contribution in [-0.4, -0.2) is 22.9 Å². The Labute approximate surface area is 72.9 Å². The minimum absolute atomic E-state index is 0.0255. The average molecular weight is 168 g/mol. The molecule has 0 aromatic carbocycles. The molecule has 0 unspecified atom stereocenters. The molecule has 0 aromatic rings. The van der Waals surface area contributed by atoms with Crippen LogP contribution in [0.15, 0.2) is 0 Å². The number of aliphatic hydroxyl groups excluding tert-OH is 1. The van der Waals surface area contributed by atoms with Crippen LogP contribution < -0.4 is 0 Å². The van der Waals surface area contributed by atoms with E-state index in [0.717, 1.165) is 0 Å². The van der Waals surface area contributed by atoms with Gasteiger partial charge in [-0.15, -0.1) is 0 Å². The normalized spacial score (nSPS) is 65.0. The standard InChI is InChI=1S/C10H16O2/c1-9(2)5-4-6(9)10(3)8(12-10)7(5)11/h5-8,11H,4H2,1-3H3/t5-,6+,7+,8-,10+/m0/s1. The highest BCUT2D eigenvalue weighted by atomic mass is 16.6. The molecule has 1 N–H and O–H groups in total. The number of rotatable bonds is 0. The number of aliphatic hydroxyl groups is 1. The molecule has 0 radical (unpaired) electrons. The maximum Gasteiger partial charge on any atom is 0.113 e. The van der Waals surface area contributed by atoms with Gasteiger partial charge in [-0.1, -0.05) is 13.8 Å². The Kier molecular flexibility index (Phi) is 0.978. The van der Waals surface area contributed by atoms with E-state index in [1.54, 1.807) is 0 Å². The summed E-state index contributed by atoms with van der Waals surface area (Å²) in [6.07, 6.45) is 1.13. The van der Waals surface area contributed by atoms with E-state index in [1.807, 2.05) is 0 Å². The maximum atomic E-state index is 9.90. The van der Waals surface area contributed by atoms with Gasteiger partial charge in [-0.2, -0.15) is 0 Å². The highest BCUT2D eigenvalue weighted by Gasteiger charge is 2.76. The van der Waals surface area contributed by atoms with Crippen LogP contribution in [0, 0.1) is 17.3 Å². The first kappa shape index (κ1) is 7.34. The highest BCUT2D eigenvalue weighted by molar-refractivity contribution is 5.24. The second-order valence-corrected chi connectivity index (χ2v) is 5.43. The van der Waals surface area contributed by atoms with Crippen LogP contribution in [0.4, 0.5) is 0 Å². The lowest BCUT2D eigenvalue weighted by atomic mass is 9.45. The molecular formula is C10H16O2. The van der Waals surface area contributed by atoms with Gasteiger partial charge in [0.05, 0.1) is 11.7 Å². The largest absolute Gasteiger partial charge is 0.390 e. The molecule has 2 nitrogen and oxygen atoms in total. The molecule has 0 amide bonds. The van der Waals surface area contributed by atoms with Crippen molar-refractivity contribution in [2.45, 2.75) is 45.0 Å². The number of hydrogen-bond donors (Lipinski definition) is 1. The van der Waals surface area contributed by atoms with Gasteiger partial charge in [0, 0.05) is 0 Å². The highest BCUT2D eigenvalue weighted by Crippen LogP contribution is 2.70. The van der Waals surface area contributed by atoms with Crippen molar-refractivity contribution in [3.63, 3.8) is 0 Å². The van der Waals surface area contributed by atoms with Gasteiger partial charge in [-0.25, -0.2) is 0 Å². The van der Waals surface area contributed by atoms with E-state index in [1.165, 1.54) is 6.42 Å². The van der Waals surface area contributed by atoms with Gasteiger partial charge < -0.3 is 9.84 Å². The van der Waals surface area contributed by atoms with Crippen molar-refractivity contribution >= 4 is 0 Å². The Balaban J connectivity index is 2.01. The summed E-state index contributed by atoms with van der Waals surface area (Å²) in [5.41, 5.74) is 0.332. The van der Waals surface area contributed by atoms with Crippen molar-refractivity contribution in [3.05, 3.63) is 0 Å². The molecule has 1 heterocycles. The Morgan fingerprint density at radius 1 is 1.33 bits per heavy atom. The summed E-state index contributed by atoms with van der Waals surface area (Å²) in [7, 11) is 0. The molecule has 1 saturated heterocycles. The zero-order valence-corrected chi connectivity index (χ0v) is 7.87. The third-order valence-electron chi connectivity index (χ3n) is 4.65. The second kappa shape index (κ2) is 1.60. The predicted octanol–water partition coefficient (Wildman–Crippen LogP) is 1.18. The van der Waals surface area contributed by atoms with Crippen molar-refractivity contribution < 1.29 is 9.84 Å². The van der Waals surface area contributed by atoms with Crippen molar-refractivity contribution in [1.82, 2.24) is 0 Å². The Morgan fingerprint density at radius 3 is 2.50 bits per heavy atom. The smallest absolute Gasteiger partial charge is 0.113 e. The molecule has 0 spiro atoms. The van der Waals surface area contributed by atoms with Crippen LogP contribution in [0.1, 0.15) is 27.2 Å². The van der Waals surface area contributed by atoms with E-state index in [-0.39, 0.29) is 17.8 Å². The summed E-state index contributed by atoms with van der Waals surface area (Å²) in [6.45, 7) is 6.68. The van der Waals surface area contributed by atoms with Gasteiger partial charge in [0.25, 0.3) is 0 Å². The summed E-state index contributed by atoms with van der Waals surface area (Å²) in [4.78, 5) is 0. The molecule has 68 valence electrons. The van der Waals surface area contributed by atoms with Gasteiger partial charge in [-0.3, -0.25) is 0 Å². The maximum absolute atomic E-state index is 9.90. The summed E-state index contributed by atoms with van der Waals surface area (Å²) < 4.78 is 5.62. The fourth-order valence-electron chi connectivity index (χ4n) is 3.65. The fraction of sp³-hybridized carbons (Fsp3) is 1.00. The summed E-state index contributed by atoms with van der Waals surface area (Å²) in [6, 6.07) is 0. The number of hydrogen-bond acceptors (Lipinski definition) is 2. The molecule has 2 heteroatoms. The fourth-order valence-corrected chi connectivity index (χ4v) is 3.65. The summed E-state index contributed by atoms with van der Waals surface area (Å²) >= 11 is 0. The Bertz CT molecular complexity index is 243. The van der Waals surface area contributed by atoms with Crippen LogP contribution in [-0.2, 0) is 4.74 Å². The van der Waals surface area contributed by atoms with Crippen molar-refractivity contribution in [2.24, 2.45) is 17.3 Å². The number of ether oxygens (including phenoxy) is 1. The van der Waals surface area contributed by atoms with Crippen molar-refractivity contribution in [1.29, 1.82) is 0 Å². The minimum atomic E-state index is -0.199. The van der Waals surface area contributed by atoms with Crippen molar-refractivity contribution in [3.8, 4) is 0 Å².